The van der Waals surface area contributed by atoms with Crippen LogP contribution in [-0.2, 0) is 9.59 Å². The van der Waals surface area contributed by atoms with Crippen LogP contribution < -0.4 is 15.5 Å². The van der Waals surface area contributed by atoms with E-state index in [-0.39, 0.29) is 17.7 Å². The van der Waals surface area contributed by atoms with E-state index in [0.717, 1.165) is 42.5 Å². The lowest BCUT2D eigenvalue weighted by atomic mass is 9.88. The van der Waals surface area contributed by atoms with E-state index in [2.05, 4.69) is 15.8 Å². The lowest BCUT2D eigenvalue weighted by molar-refractivity contribution is -0.127. The highest BCUT2D eigenvalue weighted by Crippen LogP contribution is 2.25. The molecule has 2 N–H and O–H groups in total. The van der Waals surface area contributed by atoms with Crippen LogP contribution in [0, 0.1) is 12.8 Å². The fourth-order valence-electron chi connectivity index (χ4n) is 3.69. The number of anilines is 1. The second kappa shape index (κ2) is 11.1. The molecule has 1 aliphatic rings. The zero-order chi connectivity index (χ0) is 23.1. The Kier molecular flexibility index (Phi) is 8.28. The standard InChI is InChI=1S/C25H30ClN3O3/c1-16-15-21(26)11-14-23(16)32-18(3)24(30)29-28-17(2)19-9-12-22(13-10-19)27-25(31)20-7-5-4-6-8-20/h9-15,18,20H,4-8H2,1-3H3,(H,27,31)(H,29,30)/b28-17-. The highest BCUT2D eigenvalue weighted by molar-refractivity contribution is 6.30. The van der Waals surface area contributed by atoms with Crippen molar-refractivity contribution < 1.29 is 14.3 Å². The normalized spacial score (nSPS) is 15.7. The average Bonchev–Trinajstić information content (AvgIpc) is 2.80. The number of amides is 2. The van der Waals surface area contributed by atoms with Crippen molar-refractivity contribution in [2.45, 2.75) is 59.0 Å². The molecule has 0 aromatic heterocycles. The van der Waals surface area contributed by atoms with Crippen LogP contribution in [0.2, 0.25) is 5.02 Å². The summed E-state index contributed by atoms with van der Waals surface area (Å²) in [5, 5.41) is 7.80. The predicted octanol–water partition coefficient (Wildman–Crippen LogP) is 5.47. The molecule has 2 aromatic rings. The Morgan fingerprint density at radius 2 is 1.78 bits per heavy atom. The number of ether oxygens (including phenoxy) is 1. The van der Waals surface area contributed by atoms with Gasteiger partial charge in [-0.25, -0.2) is 5.43 Å². The summed E-state index contributed by atoms with van der Waals surface area (Å²) in [7, 11) is 0. The molecular weight excluding hydrogens is 426 g/mol. The largest absolute Gasteiger partial charge is 0.481 e. The van der Waals surface area contributed by atoms with E-state index in [0.29, 0.717) is 16.5 Å². The molecule has 1 fully saturated rings. The first-order valence-corrected chi connectivity index (χ1v) is 11.4. The molecule has 32 heavy (non-hydrogen) atoms. The first-order valence-electron chi connectivity index (χ1n) is 11.0. The van der Waals surface area contributed by atoms with Crippen LogP contribution in [0.15, 0.2) is 47.6 Å². The maximum Gasteiger partial charge on any atom is 0.280 e. The number of nitrogens with one attached hydrogen (secondary N) is 2. The monoisotopic (exact) mass is 455 g/mol. The smallest absolute Gasteiger partial charge is 0.280 e. The Labute approximate surface area is 194 Å². The van der Waals surface area contributed by atoms with Gasteiger partial charge in [-0.15, -0.1) is 0 Å². The van der Waals surface area contributed by atoms with E-state index in [1.54, 1.807) is 25.1 Å². The van der Waals surface area contributed by atoms with E-state index in [1.807, 2.05) is 38.1 Å². The van der Waals surface area contributed by atoms with Crippen LogP contribution in [0.1, 0.15) is 57.1 Å². The summed E-state index contributed by atoms with van der Waals surface area (Å²) >= 11 is 5.96. The van der Waals surface area contributed by atoms with E-state index in [4.69, 9.17) is 16.3 Å². The fraction of sp³-hybridized carbons (Fsp3) is 0.400. The fourth-order valence-corrected chi connectivity index (χ4v) is 3.91. The molecule has 170 valence electrons. The molecule has 3 rings (SSSR count). The molecule has 1 saturated carbocycles. The van der Waals surface area contributed by atoms with Gasteiger partial charge in [0.05, 0.1) is 5.71 Å². The van der Waals surface area contributed by atoms with E-state index in [9.17, 15) is 9.59 Å². The Morgan fingerprint density at radius 1 is 1.09 bits per heavy atom. The van der Waals surface area contributed by atoms with Crippen LogP contribution in [0.5, 0.6) is 5.75 Å². The number of halogens is 1. The quantitative estimate of drug-likeness (QED) is 0.428. The molecular formula is C25H30ClN3O3. The molecule has 0 heterocycles. The maximum absolute atomic E-state index is 12.4. The molecule has 7 heteroatoms. The Morgan fingerprint density at radius 3 is 2.44 bits per heavy atom. The molecule has 1 aliphatic carbocycles. The van der Waals surface area contributed by atoms with Crippen molar-refractivity contribution >= 4 is 34.8 Å². The highest BCUT2D eigenvalue weighted by Gasteiger charge is 2.21. The Balaban J connectivity index is 1.53. The predicted molar refractivity (Wildman–Crippen MR) is 128 cm³/mol. The summed E-state index contributed by atoms with van der Waals surface area (Å²) in [6.07, 6.45) is 4.69. The Hall–Kier alpha value is -2.86. The molecule has 2 amide bonds. The average molecular weight is 456 g/mol. The second-order valence-electron chi connectivity index (χ2n) is 8.24. The third kappa shape index (κ3) is 6.57. The lowest BCUT2D eigenvalue weighted by Crippen LogP contribution is -2.34. The van der Waals surface area contributed by atoms with Crippen molar-refractivity contribution in [2.75, 3.05) is 5.32 Å². The number of hydrogen-bond donors (Lipinski definition) is 2. The summed E-state index contributed by atoms with van der Waals surface area (Å²) in [4.78, 5) is 24.8. The lowest BCUT2D eigenvalue weighted by Gasteiger charge is -2.20. The topological polar surface area (TPSA) is 79.8 Å². The van der Waals surface area contributed by atoms with Gasteiger partial charge in [-0.3, -0.25) is 9.59 Å². The summed E-state index contributed by atoms with van der Waals surface area (Å²) < 4.78 is 5.72. The molecule has 2 aromatic carbocycles. The molecule has 0 spiro atoms. The van der Waals surface area contributed by atoms with Crippen molar-refractivity contribution in [3.05, 3.63) is 58.6 Å². The minimum Gasteiger partial charge on any atom is -0.481 e. The highest BCUT2D eigenvalue weighted by atomic mass is 35.5. The number of hydrazone groups is 1. The third-order valence-electron chi connectivity index (χ3n) is 5.69. The van der Waals surface area contributed by atoms with Crippen molar-refractivity contribution in [1.29, 1.82) is 0 Å². The van der Waals surface area contributed by atoms with Crippen LogP contribution in [0.4, 0.5) is 5.69 Å². The molecule has 0 radical (unpaired) electrons. The van der Waals surface area contributed by atoms with Gasteiger partial charge in [-0.1, -0.05) is 43.0 Å². The molecule has 1 unspecified atom stereocenters. The van der Waals surface area contributed by atoms with Crippen molar-refractivity contribution in [3.63, 3.8) is 0 Å². The van der Waals surface area contributed by atoms with Gasteiger partial charge in [0.15, 0.2) is 6.10 Å². The molecule has 6 nitrogen and oxygen atoms in total. The summed E-state index contributed by atoms with van der Waals surface area (Å²) in [6.45, 7) is 5.35. The van der Waals surface area contributed by atoms with Gasteiger partial charge in [-0.2, -0.15) is 5.10 Å². The number of carbonyl (C=O) groups is 2. The zero-order valence-corrected chi connectivity index (χ0v) is 19.5. The van der Waals surface area contributed by atoms with Gasteiger partial charge < -0.3 is 10.1 Å². The second-order valence-corrected chi connectivity index (χ2v) is 8.68. The first-order chi connectivity index (χ1) is 15.3. The number of aryl methyl sites for hydroxylation is 1. The van der Waals surface area contributed by atoms with Gasteiger partial charge >= 0.3 is 0 Å². The molecule has 0 aliphatic heterocycles. The maximum atomic E-state index is 12.4. The van der Waals surface area contributed by atoms with Crippen LogP contribution in [0.3, 0.4) is 0 Å². The molecule has 1 atom stereocenters. The minimum absolute atomic E-state index is 0.0972. The number of benzene rings is 2. The summed E-state index contributed by atoms with van der Waals surface area (Å²) in [5.41, 5.74) is 5.67. The number of nitrogens with zero attached hydrogens (tertiary/aromatic N) is 1. The van der Waals surface area contributed by atoms with Crippen LogP contribution >= 0.6 is 11.6 Å². The van der Waals surface area contributed by atoms with Crippen molar-refractivity contribution in [3.8, 4) is 5.75 Å². The molecule has 0 bridgehead atoms. The first kappa shape index (κ1) is 23.8. The third-order valence-corrected chi connectivity index (χ3v) is 5.93. The summed E-state index contributed by atoms with van der Waals surface area (Å²) in [6, 6.07) is 12.7. The van der Waals surface area contributed by atoms with Crippen LogP contribution in [0.25, 0.3) is 0 Å². The van der Waals surface area contributed by atoms with Gasteiger partial charge in [0.25, 0.3) is 5.91 Å². The number of rotatable bonds is 7. The SMILES string of the molecule is C/C(=N/NC(=O)C(C)Oc1ccc(Cl)cc1C)c1ccc(NC(=O)C2CCCCC2)cc1. The van der Waals surface area contributed by atoms with Gasteiger partial charge in [-0.05, 0) is 75.1 Å². The van der Waals surface area contributed by atoms with E-state index >= 15 is 0 Å². The van der Waals surface area contributed by atoms with Gasteiger partial charge in [0.2, 0.25) is 5.91 Å². The number of carbonyl (C=O) groups excluding carboxylic acids is 2. The van der Waals surface area contributed by atoms with Crippen molar-refractivity contribution in [1.82, 2.24) is 5.43 Å². The van der Waals surface area contributed by atoms with Gasteiger partial charge in [0.1, 0.15) is 5.75 Å². The minimum atomic E-state index is -0.719. The van der Waals surface area contributed by atoms with Crippen molar-refractivity contribution in [2.24, 2.45) is 11.0 Å². The number of hydrogen-bond acceptors (Lipinski definition) is 4. The van der Waals surface area contributed by atoms with Crippen LogP contribution in [-0.4, -0.2) is 23.6 Å². The zero-order valence-electron chi connectivity index (χ0n) is 18.8. The van der Waals surface area contributed by atoms with Gasteiger partial charge in [0, 0.05) is 16.6 Å². The van der Waals surface area contributed by atoms with E-state index < -0.39 is 6.10 Å². The molecule has 0 saturated heterocycles. The summed E-state index contributed by atoms with van der Waals surface area (Å²) in [5.74, 6) is 0.460. The Bertz CT molecular complexity index is 982. The van der Waals surface area contributed by atoms with E-state index in [1.165, 1.54) is 6.42 Å².